The summed E-state index contributed by atoms with van der Waals surface area (Å²) >= 11 is 0. The van der Waals surface area contributed by atoms with Crippen molar-refractivity contribution < 1.29 is 0 Å². The number of terminal acetylenes is 1. The molecule has 0 radical (unpaired) electrons. The van der Waals surface area contributed by atoms with Crippen LogP contribution in [0.25, 0.3) is 0 Å². The van der Waals surface area contributed by atoms with Gasteiger partial charge in [0.25, 0.3) is 0 Å². The predicted octanol–water partition coefficient (Wildman–Crippen LogP) is 7.72. The molecule has 0 aliphatic carbocycles. The van der Waals surface area contributed by atoms with Gasteiger partial charge in [-0.05, 0) is 50.5 Å². The van der Waals surface area contributed by atoms with E-state index in [0.717, 1.165) is 12.3 Å². The smallest absolute Gasteiger partial charge is 0.0214 e. The van der Waals surface area contributed by atoms with Gasteiger partial charge in [0.15, 0.2) is 0 Å². The van der Waals surface area contributed by atoms with Gasteiger partial charge in [0, 0.05) is 0 Å². The van der Waals surface area contributed by atoms with Gasteiger partial charge >= 0.3 is 0 Å². The van der Waals surface area contributed by atoms with Crippen molar-refractivity contribution in [2.24, 2.45) is 11.8 Å². The molecule has 0 N–H and O–H groups in total. The zero-order valence-electron chi connectivity index (χ0n) is 17.2. The molecule has 0 bridgehead atoms. The monoisotopic (exact) mass is 328 g/mol. The third-order valence-corrected chi connectivity index (χ3v) is 3.69. The maximum absolute atomic E-state index is 4.00. The van der Waals surface area contributed by atoms with E-state index in [2.05, 4.69) is 91.0 Å². The van der Waals surface area contributed by atoms with Crippen LogP contribution in [0, 0.1) is 24.7 Å². The van der Waals surface area contributed by atoms with Crippen LogP contribution in [0.3, 0.4) is 0 Å². The fourth-order valence-electron chi connectivity index (χ4n) is 1.81. The van der Waals surface area contributed by atoms with Gasteiger partial charge in [-0.1, -0.05) is 82.7 Å². The lowest BCUT2D eigenvalue weighted by Crippen LogP contribution is -2.03. The number of benzene rings is 1. The highest BCUT2D eigenvalue weighted by molar-refractivity contribution is 5.14. The van der Waals surface area contributed by atoms with Crippen LogP contribution < -0.4 is 0 Å². The Bertz CT molecular complexity index is 420. The fourth-order valence-corrected chi connectivity index (χ4v) is 1.81. The number of hydrogen-bond donors (Lipinski definition) is 0. The molecule has 0 amide bonds. The lowest BCUT2D eigenvalue weighted by molar-refractivity contribution is 0.481. The molecule has 1 atom stereocenters. The molecule has 24 heavy (non-hydrogen) atoms. The van der Waals surface area contributed by atoms with E-state index >= 15 is 0 Å². The van der Waals surface area contributed by atoms with E-state index in [1.807, 2.05) is 13.8 Å². The zero-order valence-corrected chi connectivity index (χ0v) is 17.2. The SMILES string of the molecule is C#C.C=C(C)C(C)C(C)C.C=C(C)CCCc1ccccc1.CC. The summed E-state index contributed by atoms with van der Waals surface area (Å²) in [5.74, 6) is 1.42. The van der Waals surface area contributed by atoms with Crippen molar-refractivity contribution in [1.29, 1.82) is 0 Å². The molecule has 0 nitrogen and oxygen atoms in total. The summed E-state index contributed by atoms with van der Waals surface area (Å²) in [6.45, 7) is 22.6. The average molecular weight is 329 g/mol. The molecular formula is C24H40. The molecule has 0 saturated carbocycles. The van der Waals surface area contributed by atoms with Crippen LogP contribution in [-0.2, 0) is 6.42 Å². The average Bonchev–Trinajstić information content (AvgIpc) is 2.59. The Hall–Kier alpha value is -1.74. The van der Waals surface area contributed by atoms with Crippen molar-refractivity contribution in [2.75, 3.05) is 0 Å². The molecule has 0 aromatic heterocycles. The van der Waals surface area contributed by atoms with Crippen molar-refractivity contribution in [1.82, 2.24) is 0 Å². The Morgan fingerprint density at radius 1 is 0.958 bits per heavy atom. The molecule has 0 saturated heterocycles. The van der Waals surface area contributed by atoms with E-state index in [0.29, 0.717) is 5.92 Å². The molecule has 0 fully saturated rings. The Balaban J connectivity index is -0.000000321. The molecule has 136 valence electrons. The van der Waals surface area contributed by atoms with Crippen molar-refractivity contribution in [3.05, 3.63) is 60.2 Å². The summed E-state index contributed by atoms with van der Waals surface area (Å²) in [4.78, 5) is 0. The maximum atomic E-state index is 4.00. The topological polar surface area (TPSA) is 0 Å². The van der Waals surface area contributed by atoms with Crippen molar-refractivity contribution in [3.8, 4) is 12.8 Å². The molecule has 0 heterocycles. The largest absolute Gasteiger partial charge is 0.124 e. The molecule has 1 aromatic rings. The second kappa shape index (κ2) is 19.3. The van der Waals surface area contributed by atoms with E-state index in [4.69, 9.17) is 0 Å². The van der Waals surface area contributed by atoms with Gasteiger partial charge in [-0.2, -0.15) is 0 Å². The Morgan fingerprint density at radius 2 is 1.42 bits per heavy atom. The molecule has 1 unspecified atom stereocenters. The minimum absolute atomic E-state index is 0.676. The Kier molecular flexibility index (Phi) is 21.8. The van der Waals surface area contributed by atoms with Gasteiger partial charge in [-0.25, -0.2) is 0 Å². The van der Waals surface area contributed by atoms with E-state index < -0.39 is 0 Å². The van der Waals surface area contributed by atoms with Crippen LogP contribution in [0.4, 0.5) is 0 Å². The minimum Gasteiger partial charge on any atom is -0.124 e. The van der Waals surface area contributed by atoms with Crippen LogP contribution >= 0.6 is 0 Å². The first-order chi connectivity index (χ1) is 11.3. The third kappa shape index (κ3) is 18.3. The molecule has 0 heteroatoms. The lowest BCUT2D eigenvalue weighted by atomic mass is 9.92. The van der Waals surface area contributed by atoms with E-state index in [-0.39, 0.29) is 0 Å². The normalized spacial score (nSPS) is 9.92. The molecular weight excluding hydrogens is 288 g/mol. The van der Waals surface area contributed by atoms with E-state index in [9.17, 15) is 0 Å². The number of hydrogen-bond acceptors (Lipinski definition) is 0. The number of aryl methyl sites for hydroxylation is 1. The summed E-state index contributed by atoms with van der Waals surface area (Å²) < 4.78 is 0. The van der Waals surface area contributed by atoms with Gasteiger partial charge in [-0.3, -0.25) is 0 Å². The van der Waals surface area contributed by atoms with Gasteiger partial charge in [0.1, 0.15) is 0 Å². The summed E-state index contributed by atoms with van der Waals surface area (Å²) in [5.41, 5.74) is 4.00. The highest BCUT2D eigenvalue weighted by atomic mass is 14.1. The predicted molar refractivity (Wildman–Crippen MR) is 114 cm³/mol. The fraction of sp³-hybridized carbons (Fsp3) is 0.500. The summed E-state index contributed by atoms with van der Waals surface area (Å²) in [5, 5.41) is 0. The summed E-state index contributed by atoms with van der Waals surface area (Å²) in [6.07, 6.45) is 11.5. The van der Waals surface area contributed by atoms with E-state index in [1.165, 1.54) is 29.6 Å². The second-order valence-electron chi connectivity index (χ2n) is 6.18. The first-order valence-corrected chi connectivity index (χ1v) is 9.01. The number of allylic oxidation sites excluding steroid dienone is 2. The van der Waals surface area contributed by atoms with Crippen LogP contribution in [0.15, 0.2) is 54.6 Å². The molecule has 1 rings (SSSR count). The zero-order chi connectivity index (χ0) is 19.5. The Labute approximate surface area is 153 Å². The molecule has 0 aliphatic heterocycles. The summed E-state index contributed by atoms with van der Waals surface area (Å²) in [6, 6.07) is 10.6. The quantitative estimate of drug-likeness (QED) is 0.370. The second-order valence-corrected chi connectivity index (χ2v) is 6.18. The van der Waals surface area contributed by atoms with Crippen LogP contribution in [-0.4, -0.2) is 0 Å². The van der Waals surface area contributed by atoms with Gasteiger partial charge in [-0.15, -0.1) is 19.4 Å². The van der Waals surface area contributed by atoms with Gasteiger partial charge in [0.05, 0.1) is 0 Å². The molecule has 0 aliphatic rings. The van der Waals surface area contributed by atoms with Gasteiger partial charge < -0.3 is 0 Å². The minimum atomic E-state index is 0.676. The third-order valence-electron chi connectivity index (χ3n) is 3.69. The molecule has 1 aromatic carbocycles. The first kappa shape index (κ1) is 27.1. The summed E-state index contributed by atoms with van der Waals surface area (Å²) in [7, 11) is 0. The van der Waals surface area contributed by atoms with Crippen LogP contribution in [0.5, 0.6) is 0 Å². The maximum Gasteiger partial charge on any atom is -0.0214 e. The van der Waals surface area contributed by atoms with Crippen molar-refractivity contribution in [2.45, 2.75) is 67.7 Å². The Morgan fingerprint density at radius 3 is 1.71 bits per heavy atom. The van der Waals surface area contributed by atoms with Crippen LogP contribution in [0.1, 0.15) is 66.9 Å². The van der Waals surface area contributed by atoms with Gasteiger partial charge in [0.2, 0.25) is 0 Å². The highest BCUT2D eigenvalue weighted by Gasteiger charge is 2.05. The highest BCUT2D eigenvalue weighted by Crippen LogP contribution is 2.16. The van der Waals surface area contributed by atoms with Crippen molar-refractivity contribution in [3.63, 3.8) is 0 Å². The van der Waals surface area contributed by atoms with E-state index in [1.54, 1.807) is 0 Å². The van der Waals surface area contributed by atoms with Crippen LogP contribution in [0.2, 0.25) is 0 Å². The number of rotatable bonds is 6. The standard InChI is InChI=1S/C12H16.C8H16.C2H6.C2H2/c1-11(2)7-6-10-12-8-4-3-5-9-12;1-6(2)8(5)7(3)4;2*1-2/h3-5,8-9H,1,6-7,10H2,2H3;7-8H,1H2,2-5H3;1-2H3;1-2H. The molecule has 0 spiro atoms. The lowest BCUT2D eigenvalue weighted by Gasteiger charge is -2.13. The first-order valence-electron chi connectivity index (χ1n) is 9.01. The van der Waals surface area contributed by atoms with Crippen molar-refractivity contribution >= 4 is 0 Å².